The van der Waals surface area contributed by atoms with E-state index >= 15 is 0 Å². The molecule has 1 heterocycles. The number of sulfonamides is 1. The predicted molar refractivity (Wildman–Crippen MR) is 91.6 cm³/mol. The smallest absolute Gasteiger partial charge is 0.331 e. The predicted octanol–water partition coefficient (Wildman–Crippen LogP) is 0.571. The molecule has 0 fully saturated rings. The highest BCUT2D eigenvalue weighted by Gasteiger charge is 2.31. The van der Waals surface area contributed by atoms with Gasteiger partial charge in [-0.05, 0) is 39.8 Å². The van der Waals surface area contributed by atoms with Crippen LogP contribution in [0.1, 0.15) is 33.3 Å². The van der Waals surface area contributed by atoms with E-state index < -0.39 is 40.1 Å². The van der Waals surface area contributed by atoms with Crippen molar-refractivity contribution in [3.05, 3.63) is 29.8 Å². The van der Waals surface area contributed by atoms with E-state index in [1.165, 1.54) is 13.0 Å². The van der Waals surface area contributed by atoms with Gasteiger partial charge in [-0.1, -0.05) is 12.1 Å². The Bertz CT molecular complexity index is 824. The summed E-state index contributed by atoms with van der Waals surface area (Å²) in [6.45, 7) is 6.47. The maximum Gasteiger partial charge on any atom is 0.331 e. The summed E-state index contributed by atoms with van der Waals surface area (Å²) in [5, 5.41) is 2.67. The number of carbonyl (C=O) groups excluding carboxylic acids is 2. The highest BCUT2D eigenvalue weighted by atomic mass is 32.2. The fourth-order valence-corrected chi connectivity index (χ4v) is 3.43. The summed E-state index contributed by atoms with van der Waals surface area (Å²) >= 11 is 0. The molecule has 0 spiro atoms. The van der Waals surface area contributed by atoms with Crippen LogP contribution in [0.4, 0.5) is 0 Å². The van der Waals surface area contributed by atoms with E-state index in [0.717, 1.165) is 0 Å². The first-order chi connectivity index (χ1) is 11.5. The third-order valence-electron chi connectivity index (χ3n) is 3.19. The number of fused-ring (bicyclic) bond motifs is 1. The van der Waals surface area contributed by atoms with Gasteiger partial charge in [0.1, 0.15) is 11.9 Å². The Balaban J connectivity index is 2.05. The number of aliphatic imine (C=N–C) groups is 1. The Morgan fingerprint density at radius 1 is 1.28 bits per heavy atom. The molecule has 2 N–H and O–H groups in total. The van der Waals surface area contributed by atoms with Crippen molar-refractivity contribution in [2.75, 3.05) is 6.61 Å². The molecule has 1 atom stereocenters. The molecule has 2 rings (SSSR count). The van der Waals surface area contributed by atoms with E-state index in [-0.39, 0.29) is 10.7 Å². The molecule has 0 saturated carbocycles. The van der Waals surface area contributed by atoms with Gasteiger partial charge in [0.2, 0.25) is 0 Å². The van der Waals surface area contributed by atoms with Crippen molar-refractivity contribution in [2.45, 2.75) is 44.2 Å². The topological polar surface area (TPSA) is 114 Å². The highest BCUT2D eigenvalue weighted by Crippen LogP contribution is 2.22. The third-order valence-corrected chi connectivity index (χ3v) is 4.58. The summed E-state index contributed by atoms with van der Waals surface area (Å²) in [7, 11) is -3.67. The summed E-state index contributed by atoms with van der Waals surface area (Å²) in [5.41, 5.74) is -0.0334. The zero-order chi connectivity index (χ0) is 18.8. The molecule has 136 valence electrons. The number of amides is 1. The number of amidine groups is 1. The van der Waals surface area contributed by atoms with E-state index in [2.05, 4.69) is 15.0 Å². The van der Waals surface area contributed by atoms with Crippen molar-refractivity contribution in [3.63, 3.8) is 0 Å². The molecule has 0 radical (unpaired) electrons. The minimum Gasteiger partial charge on any atom is -0.454 e. The van der Waals surface area contributed by atoms with Crippen molar-refractivity contribution in [1.29, 1.82) is 0 Å². The molecule has 1 aliphatic rings. The van der Waals surface area contributed by atoms with E-state index in [1.807, 2.05) is 20.8 Å². The lowest BCUT2D eigenvalue weighted by Crippen LogP contribution is -2.43. The Morgan fingerprint density at radius 2 is 1.92 bits per heavy atom. The largest absolute Gasteiger partial charge is 0.454 e. The standard InChI is InChI=1S/C16H21N3O5S/c1-10(15(21)24-9-13(20)18-16(2,3)4)17-14-11-7-5-6-8-12(11)25(22,23)19-14/h5-8,10H,9H2,1-4H3,(H,17,19)(H,18,20). The Labute approximate surface area is 146 Å². The normalized spacial score (nSPS) is 18.2. The lowest BCUT2D eigenvalue weighted by atomic mass is 10.1. The molecule has 0 saturated heterocycles. The molecule has 0 aromatic heterocycles. The van der Waals surface area contributed by atoms with Gasteiger partial charge in [0.25, 0.3) is 15.9 Å². The number of rotatable bonds is 4. The molecular weight excluding hydrogens is 346 g/mol. The summed E-state index contributed by atoms with van der Waals surface area (Å²) in [6.07, 6.45) is 0. The summed E-state index contributed by atoms with van der Waals surface area (Å²) in [6, 6.07) is 5.37. The number of benzene rings is 1. The molecule has 1 aliphatic heterocycles. The first-order valence-electron chi connectivity index (χ1n) is 7.67. The minimum absolute atomic E-state index is 0.0826. The van der Waals surface area contributed by atoms with Crippen molar-refractivity contribution in [3.8, 4) is 0 Å². The second-order valence-corrected chi connectivity index (χ2v) is 8.31. The average Bonchev–Trinajstić information content (AvgIpc) is 2.74. The number of ether oxygens (including phenoxy) is 1. The molecule has 1 aromatic rings. The molecule has 9 heteroatoms. The number of nitrogens with one attached hydrogen (secondary N) is 2. The Morgan fingerprint density at radius 3 is 2.56 bits per heavy atom. The average molecular weight is 367 g/mol. The van der Waals surface area contributed by atoms with Gasteiger partial charge in [-0.2, -0.15) is 0 Å². The minimum atomic E-state index is -3.67. The highest BCUT2D eigenvalue weighted by molar-refractivity contribution is 7.90. The number of esters is 1. The molecule has 0 aliphatic carbocycles. The number of hydrogen-bond donors (Lipinski definition) is 2. The molecule has 25 heavy (non-hydrogen) atoms. The van der Waals surface area contributed by atoms with Gasteiger partial charge in [-0.3, -0.25) is 14.5 Å². The maximum absolute atomic E-state index is 12.0. The van der Waals surface area contributed by atoms with E-state index in [9.17, 15) is 18.0 Å². The third kappa shape index (κ3) is 4.79. The van der Waals surface area contributed by atoms with Crippen molar-refractivity contribution in [1.82, 2.24) is 10.0 Å². The van der Waals surface area contributed by atoms with Gasteiger partial charge in [0, 0.05) is 11.1 Å². The molecular formula is C16H21N3O5S. The molecule has 1 amide bonds. The van der Waals surface area contributed by atoms with Crippen LogP contribution in [0.3, 0.4) is 0 Å². The lowest BCUT2D eigenvalue weighted by Gasteiger charge is -2.20. The second kappa shape index (κ2) is 6.83. The molecule has 8 nitrogen and oxygen atoms in total. The Hall–Kier alpha value is -2.42. The van der Waals surface area contributed by atoms with Crippen LogP contribution in [0.2, 0.25) is 0 Å². The summed E-state index contributed by atoms with van der Waals surface area (Å²) in [4.78, 5) is 27.8. The van der Waals surface area contributed by atoms with E-state index in [4.69, 9.17) is 4.74 Å². The number of nitrogens with zero attached hydrogens (tertiary/aromatic N) is 1. The number of hydrogen-bond acceptors (Lipinski definition) is 6. The maximum atomic E-state index is 12.0. The van der Waals surface area contributed by atoms with Gasteiger partial charge in [0.05, 0.1) is 4.90 Å². The van der Waals surface area contributed by atoms with Crippen LogP contribution in [0.25, 0.3) is 0 Å². The van der Waals surface area contributed by atoms with Gasteiger partial charge < -0.3 is 10.1 Å². The van der Waals surface area contributed by atoms with Crippen molar-refractivity contribution >= 4 is 27.7 Å². The van der Waals surface area contributed by atoms with Crippen LogP contribution in [0, 0.1) is 0 Å². The van der Waals surface area contributed by atoms with E-state index in [1.54, 1.807) is 18.2 Å². The monoisotopic (exact) mass is 367 g/mol. The van der Waals surface area contributed by atoms with Gasteiger partial charge >= 0.3 is 5.97 Å². The van der Waals surface area contributed by atoms with Crippen molar-refractivity contribution < 1.29 is 22.7 Å². The quantitative estimate of drug-likeness (QED) is 0.755. The summed E-state index contributed by atoms with van der Waals surface area (Å²) < 4.78 is 31.2. The SMILES string of the molecule is CC(N=C1NS(=O)(=O)c2ccccc21)C(=O)OCC(=O)NC(C)(C)C. The number of carbonyl (C=O) groups is 2. The Kier molecular flexibility index (Phi) is 5.17. The fourth-order valence-electron chi connectivity index (χ4n) is 2.19. The van der Waals surface area contributed by atoms with E-state index in [0.29, 0.717) is 5.56 Å². The van der Waals surface area contributed by atoms with Crippen LogP contribution in [-0.4, -0.2) is 44.3 Å². The second-order valence-electron chi connectivity index (χ2n) is 6.66. The molecule has 1 unspecified atom stereocenters. The van der Waals surface area contributed by atoms with Crippen LogP contribution >= 0.6 is 0 Å². The van der Waals surface area contributed by atoms with Crippen LogP contribution in [0.5, 0.6) is 0 Å². The summed E-state index contributed by atoms with van der Waals surface area (Å²) in [5.74, 6) is -1.06. The lowest BCUT2D eigenvalue weighted by molar-refractivity contribution is -0.149. The zero-order valence-electron chi connectivity index (χ0n) is 14.5. The van der Waals surface area contributed by atoms with Crippen molar-refractivity contribution in [2.24, 2.45) is 4.99 Å². The van der Waals surface area contributed by atoms with Crippen LogP contribution in [0.15, 0.2) is 34.2 Å². The fraction of sp³-hybridized carbons (Fsp3) is 0.438. The first-order valence-corrected chi connectivity index (χ1v) is 9.15. The zero-order valence-corrected chi connectivity index (χ0v) is 15.3. The molecule has 1 aromatic carbocycles. The first kappa shape index (κ1) is 18.9. The molecule has 0 bridgehead atoms. The van der Waals surface area contributed by atoms with Gasteiger partial charge in [0.15, 0.2) is 6.61 Å². The van der Waals surface area contributed by atoms with Crippen LogP contribution < -0.4 is 10.0 Å². The van der Waals surface area contributed by atoms with Gasteiger partial charge in [-0.25, -0.2) is 13.2 Å². The van der Waals surface area contributed by atoms with Crippen LogP contribution in [-0.2, 0) is 24.3 Å². The van der Waals surface area contributed by atoms with Gasteiger partial charge in [-0.15, -0.1) is 0 Å².